The molecule has 0 aliphatic heterocycles. The maximum Gasteiger partial charge on any atom is 0.433 e. The van der Waals surface area contributed by atoms with E-state index < -0.39 is 11.9 Å². The molecule has 0 fully saturated rings. The van der Waals surface area contributed by atoms with E-state index in [1.165, 1.54) is 11.3 Å². The maximum atomic E-state index is 12.6. The lowest BCUT2D eigenvalue weighted by Crippen LogP contribution is -2.13. The van der Waals surface area contributed by atoms with E-state index in [2.05, 4.69) is 20.3 Å². The Bertz CT molecular complexity index is 802. The molecule has 24 heavy (non-hydrogen) atoms. The highest BCUT2D eigenvalue weighted by molar-refractivity contribution is 7.13. The number of hydrogen-bond acceptors (Lipinski definition) is 5. The molecule has 2 heterocycles. The number of benzene rings is 1. The summed E-state index contributed by atoms with van der Waals surface area (Å²) in [4.78, 5) is 11.8. The van der Waals surface area contributed by atoms with Crippen LogP contribution in [0.25, 0.3) is 10.6 Å². The zero-order chi connectivity index (χ0) is 17.0. The molecule has 3 rings (SSSR count). The zero-order valence-electron chi connectivity index (χ0n) is 12.4. The van der Waals surface area contributed by atoms with E-state index in [9.17, 15) is 13.2 Å². The first-order chi connectivity index (χ1) is 11.5. The molecule has 0 aliphatic carbocycles. The highest BCUT2D eigenvalue weighted by atomic mass is 32.1. The SMILES string of the molecule is FC(F)(F)c1ccnc(NCCc2csc(-c3ccccc3)n2)n1. The summed E-state index contributed by atoms with van der Waals surface area (Å²) in [5, 5.41) is 5.66. The zero-order valence-corrected chi connectivity index (χ0v) is 13.2. The van der Waals surface area contributed by atoms with Gasteiger partial charge in [-0.3, -0.25) is 0 Å². The van der Waals surface area contributed by atoms with E-state index in [0.29, 0.717) is 13.0 Å². The van der Waals surface area contributed by atoms with Crippen molar-refractivity contribution in [3.05, 3.63) is 59.4 Å². The molecule has 0 radical (unpaired) electrons. The molecule has 0 saturated heterocycles. The first kappa shape index (κ1) is 16.4. The maximum absolute atomic E-state index is 12.6. The second kappa shape index (κ2) is 6.96. The largest absolute Gasteiger partial charge is 0.433 e. The number of alkyl halides is 3. The molecule has 0 aliphatic rings. The van der Waals surface area contributed by atoms with Gasteiger partial charge in [0.1, 0.15) is 10.7 Å². The van der Waals surface area contributed by atoms with Crippen LogP contribution < -0.4 is 5.32 Å². The normalized spacial score (nSPS) is 11.5. The van der Waals surface area contributed by atoms with Crippen LogP contribution in [0.3, 0.4) is 0 Å². The third kappa shape index (κ3) is 4.08. The van der Waals surface area contributed by atoms with Gasteiger partial charge in [-0.2, -0.15) is 13.2 Å². The Hall–Kier alpha value is -2.48. The van der Waals surface area contributed by atoms with Gasteiger partial charge in [0, 0.05) is 30.1 Å². The molecule has 0 spiro atoms. The Morgan fingerprint density at radius 1 is 1.04 bits per heavy atom. The second-order valence-corrected chi connectivity index (χ2v) is 5.81. The average molecular weight is 350 g/mol. The summed E-state index contributed by atoms with van der Waals surface area (Å²) in [5.41, 5.74) is 0.960. The molecule has 0 unspecified atom stereocenters. The van der Waals surface area contributed by atoms with Crippen LogP contribution in [0.4, 0.5) is 19.1 Å². The number of hydrogen-bond donors (Lipinski definition) is 1. The molecule has 124 valence electrons. The number of halogens is 3. The predicted octanol–water partition coefficient (Wildman–Crippen LogP) is 4.27. The molecular weight excluding hydrogens is 337 g/mol. The van der Waals surface area contributed by atoms with Crippen molar-refractivity contribution in [3.8, 4) is 10.6 Å². The number of nitrogens with zero attached hydrogens (tertiary/aromatic N) is 3. The van der Waals surface area contributed by atoms with Gasteiger partial charge in [-0.25, -0.2) is 15.0 Å². The van der Waals surface area contributed by atoms with Crippen molar-refractivity contribution in [1.82, 2.24) is 15.0 Å². The van der Waals surface area contributed by atoms with Gasteiger partial charge in [0.25, 0.3) is 0 Å². The molecule has 2 aromatic heterocycles. The van der Waals surface area contributed by atoms with Gasteiger partial charge in [-0.15, -0.1) is 11.3 Å². The van der Waals surface area contributed by atoms with E-state index in [4.69, 9.17) is 0 Å². The van der Waals surface area contributed by atoms with Crippen molar-refractivity contribution in [2.24, 2.45) is 0 Å². The fraction of sp³-hybridized carbons (Fsp3) is 0.188. The van der Waals surface area contributed by atoms with E-state index in [1.54, 1.807) is 0 Å². The summed E-state index contributed by atoms with van der Waals surface area (Å²) < 4.78 is 37.8. The fourth-order valence-electron chi connectivity index (χ4n) is 2.04. The number of nitrogens with one attached hydrogen (secondary N) is 1. The summed E-state index contributed by atoms with van der Waals surface area (Å²) in [5.74, 6) is -0.0386. The predicted molar refractivity (Wildman–Crippen MR) is 86.8 cm³/mol. The van der Waals surface area contributed by atoms with Crippen LogP contribution in [-0.4, -0.2) is 21.5 Å². The molecular formula is C16H13F3N4S. The lowest BCUT2D eigenvalue weighted by atomic mass is 10.2. The van der Waals surface area contributed by atoms with Crippen molar-refractivity contribution in [2.45, 2.75) is 12.6 Å². The Morgan fingerprint density at radius 3 is 2.58 bits per heavy atom. The van der Waals surface area contributed by atoms with E-state index in [1.807, 2.05) is 35.7 Å². The summed E-state index contributed by atoms with van der Waals surface area (Å²) in [6.07, 6.45) is -2.81. The smallest absolute Gasteiger partial charge is 0.354 e. The molecule has 0 bridgehead atoms. The fourth-order valence-corrected chi connectivity index (χ4v) is 2.90. The van der Waals surface area contributed by atoms with Gasteiger partial charge in [0.05, 0.1) is 5.69 Å². The number of rotatable bonds is 5. The standard InChI is InChI=1S/C16H13F3N4S/c17-16(18,19)13-7-9-21-15(23-13)20-8-6-12-10-24-14(22-12)11-4-2-1-3-5-11/h1-5,7,9-10H,6,8H2,(H,20,21,23). The van der Waals surface area contributed by atoms with E-state index in [-0.39, 0.29) is 5.95 Å². The lowest BCUT2D eigenvalue weighted by molar-refractivity contribution is -0.141. The molecule has 1 aromatic carbocycles. The average Bonchev–Trinajstić information content (AvgIpc) is 3.04. The minimum absolute atomic E-state index is 0.0386. The minimum atomic E-state index is -4.47. The Morgan fingerprint density at radius 2 is 1.83 bits per heavy atom. The summed E-state index contributed by atoms with van der Waals surface area (Å²) in [7, 11) is 0. The number of thiazole rings is 1. The molecule has 3 aromatic rings. The van der Waals surface area contributed by atoms with Gasteiger partial charge in [0.2, 0.25) is 5.95 Å². The van der Waals surface area contributed by atoms with Crippen LogP contribution in [0.2, 0.25) is 0 Å². The monoisotopic (exact) mass is 350 g/mol. The van der Waals surface area contributed by atoms with Crippen LogP contribution in [-0.2, 0) is 12.6 Å². The topological polar surface area (TPSA) is 50.7 Å². The minimum Gasteiger partial charge on any atom is -0.354 e. The van der Waals surface area contributed by atoms with E-state index in [0.717, 1.165) is 28.5 Å². The Kier molecular flexibility index (Phi) is 4.75. The van der Waals surface area contributed by atoms with Gasteiger partial charge < -0.3 is 5.32 Å². The van der Waals surface area contributed by atoms with Crippen LogP contribution in [0.5, 0.6) is 0 Å². The van der Waals surface area contributed by atoms with Crippen LogP contribution in [0.15, 0.2) is 48.0 Å². The molecule has 4 nitrogen and oxygen atoms in total. The third-order valence-corrected chi connectivity index (χ3v) is 4.12. The third-order valence-electron chi connectivity index (χ3n) is 3.18. The number of anilines is 1. The molecule has 0 saturated carbocycles. The summed E-state index contributed by atoms with van der Waals surface area (Å²) in [6, 6.07) is 10.6. The van der Waals surface area contributed by atoms with Crippen LogP contribution in [0, 0.1) is 0 Å². The van der Waals surface area contributed by atoms with Gasteiger partial charge in [-0.05, 0) is 6.07 Å². The van der Waals surface area contributed by atoms with Crippen molar-refractivity contribution >= 4 is 17.3 Å². The second-order valence-electron chi connectivity index (χ2n) is 4.95. The highest BCUT2D eigenvalue weighted by Crippen LogP contribution is 2.27. The number of aromatic nitrogens is 3. The van der Waals surface area contributed by atoms with Crippen molar-refractivity contribution in [3.63, 3.8) is 0 Å². The van der Waals surface area contributed by atoms with Crippen molar-refractivity contribution in [1.29, 1.82) is 0 Å². The van der Waals surface area contributed by atoms with E-state index >= 15 is 0 Å². The van der Waals surface area contributed by atoms with Crippen molar-refractivity contribution < 1.29 is 13.2 Å². The first-order valence-electron chi connectivity index (χ1n) is 7.16. The Balaban J connectivity index is 1.59. The highest BCUT2D eigenvalue weighted by Gasteiger charge is 2.32. The quantitative estimate of drug-likeness (QED) is 0.746. The summed E-state index contributed by atoms with van der Waals surface area (Å²) >= 11 is 1.54. The van der Waals surface area contributed by atoms with Gasteiger partial charge >= 0.3 is 6.18 Å². The molecule has 0 atom stereocenters. The molecule has 1 N–H and O–H groups in total. The van der Waals surface area contributed by atoms with Gasteiger partial charge in [-0.1, -0.05) is 30.3 Å². The summed E-state index contributed by atoms with van der Waals surface area (Å²) in [6.45, 7) is 0.402. The van der Waals surface area contributed by atoms with Crippen molar-refractivity contribution in [2.75, 3.05) is 11.9 Å². The van der Waals surface area contributed by atoms with Crippen LogP contribution in [0.1, 0.15) is 11.4 Å². The first-order valence-corrected chi connectivity index (χ1v) is 8.04. The molecule has 0 amide bonds. The molecule has 8 heteroatoms. The lowest BCUT2D eigenvalue weighted by Gasteiger charge is -2.07. The van der Waals surface area contributed by atoms with Crippen LogP contribution >= 0.6 is 11.3 Å². The van der Waals surface area contributed by atoms with Gasteiger partial charge in [0.15, 0.2) is 0 Å². The Labute approximate surface area is 140 Å².